The lowest BCUT2D eigenvalue weighted by molar-refractivity contribution is -0.124. The molecule has 1 heterocycles. The zero-order chi connectivity index (χ0) is 10.8. The van der Waals surface area contributed by atoms with Gasteiger partial charge in [-0.3, -0.25) is 4.79 Å². The van der Waals surface area contributed by atoms with E-state index in [0.717, 1.165) is 36.4 Å². The van der Waals surface area contributed by atoms with Gasteiger partial charge in [0, 0.05) is 23.6 Å². The smallest absolute Gasteiger partial charge is 0.136 e. The second-order valence-electron chi connectivity index (χ2n) is 4.36. The highest BCUT2D eigenvalue weighted by molar-refractivity contribution is 7.11. The number of aryl methyl sites for hydroxylation is 2. The van der Waals surface area contributed by atoms with E-state index in [1.165, 1.54) is 11.3 Å². The molecule has 0 aromatic carbocycles. The largest absolute Gasteiger partial charge is 0.299 e. The maximum Gasteiger partial charge on any atom is 0.136 e. The number of aromatic nitrogens is 1. The topological polar surface area (TPSA) is 30.0 Å². The number of hydrogen-bond donors (Lipinski definition) is 0. The maximum absolute atomic E-state index is 11.7. The number of Topliss-reactive ketones (excluding diaryl/α,β-unsaturated/α-hetero) is 1. The second-order valence-corrected chi connectivity index (χ2v) is 5.65. The summed E-state index contributed by atoms with van der Waals surface area (Å²) in [5.74, 6) is 0.704. The van der Waals surface area contributed by atoms with Gasteiger partial charge >= 0.3 is 0 Å². The molecule has 0 bridgehead atoms. The van der Waals surface area contributed by atoms with Crippen LogP contribution < -0.4 is 0 Å². The van der Waals surface area contributed by atoms with Crippen LogP contribution in [-0.2, 0) is 11.2 Å². The van der Waals surface area contributed by atoms with Crippen molar-refractivity contribution in [3.8, 4) is 0 Å². The summed E-state index contributed by atoms with van der Waals surface area (Å²) in [5.41, 5.74) is 1.12. The molecule has 0 N–H and O–H groups in total. The number of nitrogens with zero attached hydrogens (tertiary/aromatic N) is 1. The first kappa shape index (κ1) is 10.8. The Hall–Kier alpha value is -0.700. The third kappa shape index (κ3) is 2.46. The number of ketones is 1. The van der Waals surface area contributed by atoms with E-state index in [2.05, 4.69) is 11.9 Å². The number of rotatable bonds is 2. The maximum atomic E-state index is 11.7. The molecule has 0 spiro atoms. The van der Waals surface area contributed by atoms with Gasteiger partial charge in [0.1, 0.15) is 5.78 Å². The molecule has 1 aliphatic rings. The summed E-state index contributed by atoms with van der Waals surface area (Å²) in [6.07, 6.45) is 5.02. The molecular weight excluding hydrogens is 206 g/mol. The predicted molar refractivity (Wildman–Crippen MR) is 62.3 cm³/mol. The van der Waals surface area contributed by atoms with Crippen LogP contribution in [0.25, 0.3) is 0 Å². The molecular formula is C12H17NOS. The summed E-state index contributed by atoms with van der Waals surface area (Å²) in [4.78, 5) is 17.5. The van der Waals surface area contributed by atoms with Gasteiger partial charge in [-0.15, -0.1) is 11.3 Å². The van der Waals surface area contributed by atoms with E-state index in [1.807, 2.05) is 6.92 Å². The van der Waals surface area contributed by atoms with Crippen LogP contribution in [0.4, 0.5) is 0 Å². The standard InChI is InChI=1S/C12H17NOS/c1-8-9(2)15-12(13-8)7-10-5-3-4-6-11(10)14/h10H,3-7H2,1-2H3. The summed E-state index contributed by atoms with van der Waals surface area (Å²) in [7, 11) is 0. The van der Waals surface area contributed by atoms with Crippen LogP contribution in [0.15, 0.2) is 0 Å². The zero-order valence-electron chi connectivity index (χ0n) is 9.38. The normalized spacial score (nSPS) is 22.0. The van der Waals surface area contributed by atoms with E-state index in [1.54, 1.807) is 11.3 Å². The molecule has 2 rings (SSSR count). The van der Waals surface area contributed by atoms with Crippen molar-refractivity contribution < 1.29 is 4.79 Å². The molecule has 0 radical (unpaired) electrons. The minimum atomic E-state index is 0.253. The van der Waals surface area contributed by atoms with Crippen LogP contribution >= 0.6 is 11.3 Å². The van der Waals surface area contributed by atoms with Gasteiger partial charge in [-0.1, -0.05) is 6.42 Å². The molecule has 1 unspecified atom stereocenters. The van der Waals surface area contributed by atoms with Crippen molar-refractivity contribution in [1.29, 1.82) is 0 Å². The van der Waals surface area contributed by atoms with Gasteiger partial charge in [-0.25, -0.2) is 4.98 Å². The Morgan fingerprint density at radius 3 is 2.80 bits per heavy atom. The van der Waals surface area contributed by atoms with Crippen LogP contribution in [0.2, 0.25) is 0 Å². The van der Waals surface area contributed by atoms with E-state index < -0.39 is 0 Å². The molecule has 1 atom stereocenters. The fourth-order valence-corrected chi connectivity index (χ4v) is 3.12. The van der Waals surface area contributed by atoms with Crippen LogP contribution in [0.5, 0.6) is 0 Å². The molecule has 0 aliphatic heterocycles. The second kappa shape index (κ2) is 4.44. The summed E-state index contributed by atoms with van der Waals surface area (Å²) in [6, 6.07) is 0. The van der Waals surface area contributed by atoms with Crippen LogP contribution in [-0.4, -0.2) is 10.8 Å². The van der Waals surface area contributed by atoms with E-state index >= 15 is 0 Å². The van der Waals surface area contributed by atoms with Gasteiger partial charge in [0.15, 0.2) is 0 Å². The molecule has 3 heteroatoms. The number of hydrogen-bond acceptors (Lipinski definition) is 3. The molecule has 0 saturated heterocycles. The Labute approximate surface area is 94.7 Å². The predicted octanol–water partition coefficient (Wildman–Crippen LogP) is 3.06. The fraction of sp³-hybridized carbons (Fsp3) is 0.667. The highest BCUT2D eigenvalue weighted by atomic mass is 32.1. The van der Waals surface area contributed by atoms with Crippen molar-refractivity contribution in [2.24, 2.45) is 5.92 Å². The average Bonchev–Trinajstić information content (AvgIpc) is 2.50. The van der Waals surface area contributed by atoms with Crippen LogP contribution in [0.3, 0.4) is 0 Å². The van der Waals surface area contributed by atoms with E-state index in [-0.39, 0.29) is 5.92 Å². The third-order valence-corrected chi connectivity index (χ3v) is 4.27. The number of carbonyl (C=O) groups excluding carboxylic acids is 1. The molecule has 1 aromatic heterocycles. The van der Waals surface area contributed by atoms with Crippen molar-refractivity contribution in [1.82, 2.24) is 4.98 Å². The monoisotopic (exact) mass is 223 g/mol. The van der Waals surface area contributed by atoms with Crippen molar-refractivity contribution in [3.05, 3.63) is 15.6 Å². The van der Waals surface area contributed by atoms with Crippen molar-refractivity contribution in [2.75, 3.05) is 0 Å². The van der Waals surface area contributed by atoms with E-state index in [9.17, 15) is 4.79 Å². The SMILES string of the molecule is Cc1nc(CC2CCCCC2=O)sc1C. The van der Waals surface area contributed by atoms with Gasteiger partial charge < -0.3 is 0 Å². The van der Waals surface area contributed by atoms with Gasteiger partial charge in [-0.05, 0) is 26.7 Å². The van der Waals surface area contributed by atoms with Gasteiger partial charge in [0.25, 0.3) is 0 Å². The molecule has 15 heavy (non-hydrogen) atoms. The Morgan fingerprint density at radius 2 is 2.20 bits per heavy atom. The minimum Gasteiger partial charge on any atom is -0.299 e. The Kier molecular flexibility index (Phi) is 3.19. The Balaban J connectivity index is 2.04. The van der Waals surface area contributed by atoms with Crippen LogP contribution in [0.1, 0.15) is 41.3 Å². The van der Waals surface area contributed by atoms with Crippen molar-refractivity contribution in [2.45, 2.75) is 46.0 Å². The first-order valence-electron chi connectivity index (χ1n) is 5.62. The Bertz CT molecular complexity index is 350. The molecule has 1 aromatic rings. The molecule has 1 aliphatic carbocycles. The molecule has 2 nitrogen and oxygen atoms in total. The first-order chi connectivity index (χ1) is 7.16. The lowest BCUT2D eigenvalue weighted by Gasteiger charge is -2.18. The lowest BCUT2D eigenvalue weighted by Crippen LogP contribution is -2.20. The summed E-state index contributed by atoms with van der Waals surface area (Å²) < 4.78 is 0. The summed E-state index contributed by atoms with van der Waals surface area (Å²) >= 11 is 1.75. The van der Waals surface area contributed by atoms with E-state index in [4.69, 9.17) is 0 Å². The van der Waals surface area contributed by atoms with Gasteiger partial charge in [0.05, 0.1) is 10.7 Å². The van der Waals surface area contributed by atoms with Crippen molar-refractivity contribution >= 4 is 17.1 Å². The summed E-state index contributed by atoms with van der Waals surface area (Å²) in [5, 5.41) is 1.14. The molecule has 82 valence electrons. The third-order valence-electron chi connectivity index (χ3n) is 3.17. The molecule has 1 fully saturated rings. The minimum absolute atomic E-state index is 0.253. The number of carbonyl (C=O) groups is 1. The quantitative estimate of drug-likeness (QED) is 0.771. The zero-order valence-corrected chi connectivity index (χ0v) is 10.2. The van der Waals surface area contributed by atoms with Crippen LogP contribution in [0, 0.1) is 19.8 Å². The summed E-state index contributed by atoms with van der Waals surface area (Å²) in [6.45, 7) is 4.14. The number of thiazole rings is 1. The van der Waals surface area contributed by atoms with Crippen molar-refractivity contribution in [3.63, 3.8) is 0 Å². The fourth-order valence-electron chi connectivity index (χ4n) is 2.11. The van der Waals surface area contributed by atoms with E-state index in [0.29, 0.717) is 5.78 Å². The highest BCUT2D eigenvalue weighted by Crippen LogP contribution is 2.26. The highest BCUT2D eigenvalue weighted by Gasteiger charge is 2.23. The van der Waals surface area contributed by atoms with Gasteiger partial charge in [-0.2, -0.15) is 0 Å². The Morgan fingerprint density at radius 1 is 1.40 bits per heavy atom. The first-order valence-corrected chi connectivity index (χ1v) is 6.44. The lowest BCUT2D eigenvalue weighted by atomic mass is 9.86. The molecule has 1 saturated carbocycles. The molecule has 0 amide bonds. The van der Waals surface area contributed by atoms with Gasteiger partial charge in [0.2, 0.25) is 0 Å². The average molecular weight is 223 g/mol.